The molecule has 2 aromatic rings. The number of ether oxygens (including phenoxy) is 1. The summed E-state index contributed by atoms with van der Waals surface area (Å²) in [6.07, 6.45) is 1.09. The minimum Gasteiger partial charge on any atom is -0.492 e. The molecule has 1 heteroatoms. The van der Waals surface area contributed by atoms with Crippen LogP contribution in [0.3, 0.4) is 0 Å². The van der Waals surface area contributed by atoms with Gasteiger partial charge in [0.2, 0.25) is 0 Å². The monoisotopic (exact) mass is 222 g/mol. The fourth-order valence-corrected chi connectivity index (χ4v) is 3.30. The molecule has 0 amide bonds. The molecule has 84 valence electrons. The zero-order valence-corrected chi connectivity index (χ0v) is 9.86. The largest absolute Gasteiger partial charge is 0.492 e. The van der Waals surface area contributed by atoms with Crippen LogP contribution in [0.25, 0.3) is 11.1 Å². The first-order valence-electron chi connectivity index (χ1n) is 6.12. The third-order valence-electron chi connectivity index (χ3n) is 4.06. The average Bonchev–Trinajstić information content (AvgIpc) is 2.69. The molecule has 0 fully saturated rings. The van der Waals surface area contributed by atoms with Crippen LogP contribution in [-0.4, -0.2) is 6.61 Å². The van der Waals surface area contributed by atoms with E-state index in [0.717, 1.165) is 18.8 Å². The van der Waals surface area contributed by atoms with Crippen molar-refractivity contribution in [2.24, 2.45) is 0 Å². The maximum Gasteiger partial charge on any atom is 0.123 e. The highest BCUT2D eigenvalue weighted by Gasteiger charge is 2.41. The van der Waals surface area contributed by atoms with Gasteiger partial charge in [0.1, 0.15) is 5.75 Å². The normalized spacial score (nSPS) is 23.8. The van der Waals surface area contributed by atoms with E-state index in [-0.39, 0.29) is 5.41 Å². The van der Waals surface area contributed by atoms with Gasteiger partial charge >= 0.3 is 0 Å². The summed E-state index contributed by atoms with van der Waals surface area (Å²) in [5, 5.41) is 0. The number of hydrogen-bond acceptors (Lipinski definition) is 1. The third kappa shape index (κ3) is 1.09. The lowest BCUT2D eigenvalue weighted by atomic mass is 9.70. The fraction of sp³-hybridized carbons (Fsp3) is 0.250. The Hall–Kier alpha value is -1.76. The Morgan fingerprint density at radius 2 is 1.82 bits per heavy atom. The molecule has 0 aromatic heterocycles. The molecule has 0 bridgehead atoms. The number of benzene rings is 2. The Morgan fingerprint density at radius 3 is 2.76 bits per heavy atom. The molecule has 1 aliphatic heterocycles. The van der Waals surface area contributed by atoms with E-state index in [1.165, 1.54) is 22.3 Å². The Labute approximate surface area is 101 Å². The lowest BCUT2D eigenvalue weighted by Crippen LogP contribution is -2.30. The molecular weight excluding hydrogens is 208 g/mol. The first-order chi connectivity index (χ1) is 8.28. The summed E-state index contributed by atoms with van der Waals surface area (Å²) >= 11 is 0. The van der Waals surface area contributed by atoms with Crippen LogP contribution in [0.4, 0.5) is 0 Å². The molecule has 1 heterocycles. The van der Waals surface area contributed by atoms with Gasteiger partial charge in [0, 0.05) is 11.0 Å². The molecule has 17 heavy (non-hydrogen) atoms. The highest BCUT2D eigenvalue weighted by atomic mass is 16.5. The van der Waals surface area contributed by atoms with Crippen LogP contribution in [0, 0.1) is 0 Å². The zero-order chi connectivity index (χ0) is 11.5. The van der Waals surface area contributed by atoms with Crippen molar-refractivity contribution in [2.45, 2.75) is 18.8 Å². The quantitative estimate of drug-likeness (QED) is 0.662. The molecule has 4 rings (SSSR count). The third-order valence-corrected chi connectivity index (χ3v) is 4.06. The predicted octanol–water partition coefficient (Wildman–Crippen LogP) is 3.56. The summed E-state index contributed by atoms with van der Waals surface area (Å²) in [5.74, 6) is 1.08. The van der Waals surface area contributed by atoms with Gasteiger partial charge in [-0.1, -0.05) is 43.3 Å². The van der Waals surface area contributed by atoms with Crippen molar-refractivity contribution in [1.82, 2.24) is 0 Å². The van der Waals surface area contributed by atoms with Gasteiger partial charge < -0.3 is 4.74 Å². The van der Waals surface area contributed by atoms with Crippen molar-refractivity contribution < 1.29 is 4.74 Å². The van der Waals surface area contributed by atoms with E-state index in [4.69, 9.17) is 4.74 Å². The number of rotatable bonds is 0. The standard InChI is InChI=1S/C16H14O/c1-16-9-11-5-2-3-6-12(11)13-7-4-8-14(15(13)16)17-10-16/h2-8H,9-10H2,1H3. The van der Waals surface area contributed by atoms with E-state index >= 15 is 0 Å². The maximum atomic E-state index is 5.86. The van der Waals surface area contributed by atoms with Crippen molar-refractivity contribution in [2.75, 3.05) is 6.61 Å². The van der Waals surface area contributed by atoms with Crippen molar-refractivity contribution in [3.05, 3.63) is 53.6 Å². The summed E-state index contributed by atoms with van der Waals surface area (Å²) in [6.45, 7) is 3.13. The lowest BCUT2D eigenvalue weighted by Gasteiger charge is -2.31. The van der Waals surface area contributed by atoms with Gasteiger partial charge in [0.05, 0.1) is 6.61 Å². The summed E-state index contributed by atoms with van der Waals surface area (Å²) in [6, 6.07) is 15.1. The molecule has 1 atom stereocenters. The van der Waals surface area contributed by atoms with Gasteiger partial charge in [-0.05, 0) is 29.2 Å². The fourth-order valence-electron chi connectivity index (χ4n) is 3.30. The van der Waals surface area contributed by atoms with Gasteiger partial charge in [-0.15, -0.1) is 0 Å². The Kier molecular flexibility index (Phi) is 1.60. The van der Waals surface area contributed by atoms with E-state index in [1.807, 2.05) is 0 Å². The van der Waals surface area contributed by atoms with Crippen molar-refractivity contribution in [1.29, 1.82) is 0 Å². The Balaban J connectivity index is 2.11. The summed E-state index contributed by atoms with van der Waals surface area (Å²) in [4.78, 5) is 0. The average molecular weight is 222 g/mol. The van der Waals surface area contributed by atoms with Gasteiger partial charge in [0.15, 0.2) is 0 Å². The molecule has 1 nitrogen and oxygen atoms in total. The van der Waals surface area contributed by atoms with E-state index < -0.39 is 0 Å². The summed E-state index contributed by atoms with van der Waals surface area (Å²) < 4.78 is 5.86. The minimum absolute atomic E-state index is 0.167. The number of fused-ring (bicyclic) bond motifs is 2. The van der Waals surface area contributed by atoms with Gasteiger partial charge in [0.25, 0.3) is 0 Å². The number of hydrogen-bond donors (Lipinski definition) is 0. The predicted molar refractivity (Wildman–Crippen MR) is 68.4 cm³/mol. The molecule has 0 N–H and O–H groups in total. The first-order valence-corrected chi connectivity index (χ1v) is 6.12. The molecule has 0 saturated carbocycles. The molecule has 0 spiro atoms. The topological polar surface area (TPSA) is 9.23 Å². The van der Waals surface area contributed by atoms with Crippen LogP contribution in [-0.2, 0) is 11.8 Å². The molecule has 2 aliphatic rings. The maximum absolute atomic E-state index is 5.86. The van der Waals surface area contributed by atoms with Crippen molar-refractivity contribution in [3.63, 3.8) is 0 Å². The zero-order valence-electron chi connectivity index (χ0n) is 9.86. The molecule has 2 aromatic carbocycles. The molecule has 1 unspecified atom stereocenters. The first kappa shape index (κ1) is 9.29. The second kappa shape index (κ2) is 2.92. The summed E-state index contributed by atoms with van der Waals surface area (Å²) in [5.41, 5.74) is 5.78. The highest BCUT2D eigenvalue weighted by Crippen LogP contribution is 2.50. The summed E-state index contributed by atoms with van der Waals surface area (Å²) in [7, 11) is 0. The van der Waals surface area contributed by atoms with Crippen LogP contribution in [0.15, 0.2) is 42.5 Å². The van der Waals surface area contributed by atoms with Crippen molar-refractivity contribution >= 4 is 0 Å². The van der Waals surface area contributed by atoms with Gasteiger partial charge in [-0.2, -0.15) is 0 Å². The Morgan fingerprint density at radius 1 is 1.00 bits per heavy atom. The second-order valence-corrected chi connectivity index (χ2v) is 5.36. The Bertz CT molecular complexity index is 615. The molecular formula is C16H14O. The lowest BCUT2D eigenvalue weighted by molar-refractivity contribution is 0.276. The van der Waals surface area contributed by atoms with Gasteiger partial charge in [-0.25, -0.2) is 0 Å². The SMILES string of the molecule is CC12COc3cccc(c31)-c1ccccc1C2. The van der Waals surface area contributed by atoms with Crippen LogP contribution >= 0.6 is 0 Å². The van der Waals surface area contributed by atoms with Crippen LogP contribution in [0.5, 0.6) is 5.75 Å². The van der Waals surface area contributed by atoms with E-state index in [9.17, 15) is 0 Å². The van der Waals surface area contributed by atoms with E-state index in [1.54, 1.807) is 0 Å². The van der Waals surface area contributed by atoms with Crippen molar-refractivity contribution in [3.8, 4) is 16.9 Å². The minimum atomic E-state index is 0.167. The highest BCUT2D eigenvalue weighted by molar-refractivity contribution is 5.78. The molecule has 0 radical (unpaired) electrons. The van der Waals surface area contributed by atoms with Gasteiger partial charge in [-0.3, -0.25) is 0 Å². The second-order valence-electron chi connectivity index (χ2n) is 5.36. The molecule has 0 saturated heterocycles. The van der Waals surface area contributed by atoms with Crippen LogP contribution in [0.2, 0.25) is 0 Å². The van der Waals surface area contributed by atoms with Crippen LogP contribution in [0.1, 0.15) is 18.1 Å². The van der Waals surface area contributed by atoms with E-state index in [0.29, 0.717) is 0 Å². The van der Waals surface area contributed by atoms with Crippen LogP contribution < -0.4 is 4.74 Å². The molecule has 1 aliphatic carbocycles. The van der Waals surface area contributed by atoms with E-state index in [2.05, 4.69) is 49.4 Å². The smallest absolute Gasteiger partial charge is 0.123 e.